The highest BCUT2D eigenvalue weighted by Crippen LogP contribution is 2.19. The van der Waals surface area contributed by atoms with E-state index < -0.39 is 0 Å². The van der Waals surface area contributed by atoms with E-state index in [-0.39, 0.29) is 12.0 Å². The highest BCUT2D eigenvalue weighted by Gasteiger charge is 2.11. The molecule has 1 unspecified atom stereocenters. The van der Waals surface area contributed by atoms with Crippen molar-refractivity contribution in [2.24, 2.45) is 0 Å². The molecule has 0 saturated carbocycles. The summed E-state index contributed by atoms with van der Waals surface area (Å²) in [7, 11) is 1.78. The standard InChI is InChI=1S/C16H25NO3/c1-4-20-15-8-6-5-7-14(15)9-10-16(19)17(3)12-11-13(2)18/h5-8,13,18H,4,9-12H2,1-3H3. The number of aliphatic hydroxyl groups is 1. The molecule has 112 valence electrons. The highest BCUT2D eigenvalue weighted by molar-refractivity contribution is 5.76. The van der Waals surface area contributed by atoms with Gasteiger partial charge in [0.2, 0.25) is 5.91 Å². The van der Waals surface area contributed by atoms with Gasteiger partial charge in [-0.15, -0.1) is 0 Å². The Balaban J connectivity index is 2.48. The predicted molar refractivity (Wildman–Crippen MR) is 79.9 cm³/mol. The molecule has 0 heterocycles. The lowest BCUT2D eigenvalue weighted by atomic mass is 10.1. The Hall–Kier alpha value is -1.55. The first-order chi connectivity index (χ1) is 9.54. The number of aryl methyl sites for hydroxylation is 1. The molecule has 0 aromatic heterocycles. The fourth-order valence-corrected chi connectivity index (χ4v) is 1.94. The van der Waals surface area contributed by atoms with Gasteiger partial charge in [0.15, 0.2) is 0 Å². The monoisotopic (exact) mass is 279 g/mol. The fourth-order valence-electron chi connectivity index (χ4n) is 1.94. The predicted octanol–water partition coefficient (Wildman–Crippen LogP) is 2.25. The molecular formula is C16H25NO3. The Morgan fingerprint density at radius 3 is 2.75 bits per heavy atom. The van der Waals surface area contributed by atoms with E-state index in [2.05, 4.69) is 0 Å². The minimum Gasteiger partial charge on any atom is -0.494 e. The quantitative estimate of drug-likeness (QED) is 0.794. The smallest absolute Gasteiger partial charge is 0.222 e. The molecule has 0 aliphatic rings. The number of carbonyl (C=O) groups is 1. The number of nitrogens with zero attached hydrogens (tertiary/aromatic N) is 1. The van der Waals surface area contributed by atoms with E-state index in [0.717, 1.165) is 11.3 Å². The third kappa shape index (κ3) is 5.61. The molecule has 20 heavy (non-hydrogen) atoms. The maximum Gasteiger partial charge on any atom is 0.222 e. The molecule has 1 aromatic carbocycles. The average molecular weight is 279 g/mol. The number of amides is 1. The van der Waals surface area contributed by atoms with Crippen molar-refractivity contribution in [1.82, 2.24) is 4.90 Å². The Bertz CT molecular complexity index is 418. The molecule has 4 heteroatoms. The van der Waals surface area contributed by atoms with Gasteiger partial charge in [0.1, 0.15) is 5.75 Å². The van der Waals surface area contributed by atoms with Gasteiger partial charge in [-0.1, -0.05) is 18.2 Å². The van der Waals surface area contributed by atoms with Gasteiger partial charge in [-0.25, -0.2) is 0 Å². The lowest BCUT2D eigenvalue weighted by Crippen LogP contribution is -2.29. The lowest BCUT2D eigenvalue weighted by molar-refractivity contribution is -0.130. The van der Waals surface area contributed by atoms with Gasteiger partial charge in [-0.3, -0.25) is 4.79 Å². The Kier molecular flexibility index (Phi) is 7.09. The van der Waals surface area contributed by atoms with Gasteiger partial charge in [0.25, 0.3) is 0 Å². The van der Waals surface area contributed by atoms with Crippen LogP contribution in [0.1, 0.15) is 32.3 Å². The molecule has 0 aliphatic carbocycles. The molecule has 0 radical (unpaired) electrons. The van der Waals surface area contributed by atoms with E-state index >= 15 is 0 Å². The van der Waals surface area contributed by atoms with Crippen LogP contribution in [0.25, 0.3) is 0 Å². The molecule has 0 fully saturated rings. The molecule has 1 atom stereocenters. The van der Waals surface area contributed by atoms with Crippen molar-refractivity contribution in [3.05, 3.63) is 29.8 Å². The largest absolute Gasteiger partial charge is 0.494 e. The zero-order valence-corrected chi connectivity index (χ0v) is 12.6. The number of hydrogen-bond donors (Lipinski definition) is 1. The molecule has 0 saturated heterocycles. The van der Waals surface area contributed by atoms with Crippen molar-refractivity contribution >= 4 is 5.91 Å². The van der Waals surface area contributed by atoms with Crippen LogP contribution in [0, 0.1) is 0 Å². The van der Waals surface area contributed by atoms with Crippen LogP contribution in [-0.4, -0.2) is 42.2 Å². The van der Waals surface area contributed by atoms with E-state index in [9.17, 15) is 9.90 Å². The maximum absolute atomic E-state index is 12.0. The average Bonchev–Trinajstić information content (AvgIpc) is 2.43. The van der Waals surface area contributed by atoms with Crippen molar-refractivity contribution < 1.29 is 14.6 Å². The molecule has 0 spiro atoms. The molecule has 0 aliphatic heterocycles. The molecular weight excluding hydrogens is 254 g/mol. The molecule has 1 N–H and O–H groups in total. The first kappa shape index (κ1) is 16.5. The Morgan fingerprint density at radius 1 is 1.40 bits per heavy atom. The molecule has 1 amide bonds. The number of benzene rings is 1. The number of ether oxygens (including phenoxy) is 1. The van der Waals surface area contributed by atoms with Crippen molar-refractivity contribution in [3.8, 4) is 5.75 Å². The third-order valence-corrected chi connectivity index (χ3v) is 3.19. The summed E-state index contributed by atoms with van der Waals surface area (Å²) in [5.41, 5.74) is 1.06. The maximum atomic E-state index is 12.0. The van der Waals surface area contributed by atoms with Crippen LogP contribution < -0.4 is 4.74 Å². The van der Waals surface area contributed by atoms with Crippen LogP contribution in [0.3, 0.4) is 0 Å². The number of para-hydroxylation sites is 1. The summed E-state index contributed by atoms with van der Waals surface area (Å²) < 4.78 is 5.55. The van der Waals surface area contributed by atoms with Crippen molar-refractivity contribution in [3.63, 3.8) is 0 Å². The van der Waals surface area contributed by atoms with Gasteiger partial charge < -0.3 is 14.7 Å². The zero-order chi connectivity index (χ0) is 15.0. The fraction of sp³-hybridized carbons (Fsp3) is 0.562. The van der Waals surface area contributed by atoms with Gasteiger partial charge in [-0.05, 0) is 38.3 Å². The van der Waals surface area contributed by atoms with Crippen LogP contribution in [0.4, 0.5) is 0 Å². The summed E-state index contributed by atoms with van der Waals surface area (Å²) in [6.07, 6.45) is 1.37. The molecule has 1 aromatic rings. The SMILES string of the molecule is CCOc1ccccc1CCC(=O)N(C)CCC(C)O. The van der Waals surface area contributed by atoms with Crippen molar-refractivity contribution in [2.45, 2.75) is 39.2 Å². The van der Waals surface area contributed by atoms with E-state index in [4.69, 9.17) is 4.74 Å². The second-order valence-corrected chi connectivity index (χ2v) is 4.99. The summed E-state index contributed by atoms with van der Waals surface area (Å²) in [6, 6.07) is 7.82. The van der Waals surface area contributed by atoms with Gasteiger partial charge in [0, 0.05) is 20.0 Å². The minimum atomic E-state index is -0.371. The van der Waals surface area contributed by atoms with E-state index in [1.54, 1.807) is 18.9 Å². The van der Waals surface area contributed by atoms with Gasteiger partial charge in [0.05, 0.1) is 12.7 Å². The number of hydrogen-bond acceptors (Lipinski definition) is 3. The molecule has 4 nitrogen and oxygen atoms in total. The topological polar surface area (TPSA) is 49.8 Å². The molecule has 1 rings (SSSR count). The number of aliphatic hydroxyl groups excluding tert-OH is 1. The van der Waals surface area contributed by atoms with Crippen LogP contribution >= 0.6 is 0 Å². The second kappa shape index (κ2) is 8.59. The third-order valence-electron chi connectivity index (χ3n) is 3.19. The normalized spacial score (nSPS) is 12.0. The van der Waals surface area contributed by atoms with E-state index in [0.29, 0.717) is 32.4 Å². The van der Waals surface area contributed by atoms with E-state index in [1.165, 1.54) is 0 Å². The van der Waals surface area contributed by atoms with Crippen LogP contribution in [-0.2, 0) is 11.2 Å². The molecule has 0 bridgehead atoms. The second-order valence-electron chi connectivity index (χ2n) is 4.99. The van der Waals surface area contributed by atoms with Gasteiger partial charge >= 0.3 is 0 Å². The summed E-state index contributed by atoms with van der Waals surface area (Å²) in [6.45, 7) is 4.89. The van der Waals surface area contributed by atoms with Crippen molar-refractivity contribution in [1.29, 1.82) is 0 Å². The first-order valence-electron chi connectivity index (χ1n) is 7.17. The lowest BCUT2D eigenvalue weighted by Gasteiger charge is -2.18. The van der Waals surface area contributed by atoms with E-state index in [1.807, 2.05) is 31.2 Å². The first-order valence-corrected chi connectivity index (χ1v) is 7.17. The number of carbonyl (C=O) groups excluding carboxylic acids is 1. The summed E-state index contributed by atoms with van der Waals surface area (Å²) in [5, 5.41) is 9.23. The van der Waals surface area contributed by atoms with Crippen LogP contribution in [0.2, 0.25) is 0 Å². The number of rotatable bonds is 8. The summed E-state index contributed by atoms with van der Waals surface area (Å²) in [4.78, 5) is 13.7. The Morgan fingerprint density at radius 2 is 2.10 bits per heavy atom. The van der Waals surface area contributed by atoms with Crippen LogP contribution in [0.15, 0.2) is 24.3 Å². The zero-order valence-electron chi connectivity index (χ0n) is 12.6. The summed E-state index contributed by atoms with van der Waals surface area (Å²) >= 11 is 0. The minimum absolute atomic E-state index is 0.0944. The summed E-state index contributed by atoms with van der Waals surface area (Å²) in [5.74, 6) is 0.950. The van der Waals surface area contributed by atoms with Crippen molar-refractivity contribution in [2.75, 3.05) is 20.2 Å². The van der Waals surface area contributed by atoms with Crippen LogP contribution in [0.5, 0.6) is 5.75 Å². The highest BCUT2D eigenvalue weighted by atomic mass is 16.5. The van der Waals surface area contributed by atoms with Gasteiger partial charge in [-0.2, -0.15) is 0 Å². The Labute approximate surface area is 121 Å².